The second-order valence-corrected chi connectivity index (χ2v) is 4.09. The maximum Gasteiger partial charge on any atom is 0.346 e. The lowest BCUT2D eigenvalue weighted by molar-refractivity contribution is -0.137. The van der Waals surface area contributed by atoms with Crippen molar-refractivity contribution in [2.24, 2.45) is 0 Å². The van der Waals surface area contributed by atoms with Crippen LogP contribution in [0.3, 0.4) is 0 Å². The number of hydrogen-bond acceptors (Lipinski definition) is 2. The fourth-order valence-corrected chi connectivity index (χ4v) is 1.49. The molecule has 1 aromatic carbocycles. The maximum atomic E-state index is 11.8. The third-order valence-electron chi connectivity index (χ3n) is 2.48. The Morgan fingerprint density at radius 1 is 1.26 bits per heavy atom. The van der Waals surface area contributed by atoms with Gasteiger partial charge in [0.05, 0.1) is 6.61 Å². The molecule has 2 nitrogen and oxygen atoms in total. The van der Waals surface area contributed by atoms with Gasteiger partial charge in [0.1, 0.15) is 5.57 Å². The Morgan fingerprint density at radius 3 is 2.63 bits per heavy atom. The molecule has 2 heteroatoms. The predicted molar refractivity (Wildman–Crippen MR) is 78.4 cm³/mol. The van der Waals surface area contributed by atoms with E-state index in [0.717, 1.165) is 24.8 Å². The van der Waals surface area contributed by atoms with Crippen LogP contribution in [0.5, 0.6) is 0 Å². The van der Waals surface area contributed by atoms with Crippen molar-refractivity contribution in [3.05, 3.63) is 41.5 Å². The second kappa shape index (κ2) is 8.99. The molecule has 100 valence electrons. The van der Waals surface area contributed by atoms with E-state index < -0.39 is 0 Å². The summed E-state index contributed by atoms with van der Waals surface area (Å²) in [4.78, 5) is 11.8. The first-order valence-electron chi connectivity index (χ1n) is 6.70. The van der Waals surface area contributed by atoms with Gasteiger partial charge in [0, 0.05) is 6.42 Å². The summed E-state index contributed by atoms with van der Waals surface area (Å²) in [7, 11) is 0. The van der Waals surface area contributed by atoms with Crippen LogP contribution < -0.4 is 0 Å². The zero-order chi connectivity index (χ0) is 13.9. The van der Waals surface area contributed by atoms with E-state index in [1.807, 2.05) is 30.3 Å². The Balaban J connectivity index is 2.88. The van der Waals surface area contributed by atoms with Crippen LogP contribution in [0.2, 0.25) is 0 Å². The number of benzene rings is 1. The Labute approximate surface area is 115 Å². The van der Waals surface area contributed by atoms with Crippen LogP contribution >= 0.6 is 0 Å². The van der Waals surface area contributed by atoms with Gasteiger partial charge in [-0.3, -0.25) is 0 Å². The van der Waals surface area contributed by atoms with Gasteiger partial charge in [0.25, 0.3) is 0 Å². The van der Waals surface area contributed by atoms with Crippen molar-refractivity contribution in [1.29, 1.82) is 0 Å². The molecule has 0 saturated heterocycles. The van der Waals surface area contributed by atoms with Gasteiger partial charge < -0.3 is 4.74 Å². The lowest BCUT2D eigenvalue weighted by atomic mass is 10.1. The summed E-state index contributed by atoms with van der Waals surface area (Å²) in [6.45, 7) is 4.28. The number of carbonyl (C=O) groups excluding carboxylic acids is 1. The molecule has 0 spiro atoms. The Morgan fingerprint density at radius 2 is 2.00 bits per heavy atom. The van der Waals surface area contributed by atoms with Crippen molar-refractivity contribution in [1.82, 2.24) is 0 Å². The number of hydrogen-bond donors (Lipinski definition) is 0. The van der Waals surface area contributed by atoms with Gasteiger partial charge in [-0.25, -0.2) is 4.79 Å². The van der Waals surface area contributed by atoms with E-state index in [2.05, 4.69) is 18.8 Å². The summed E-state index contributed by atoms with van der Waals surface area (Å²) in [5, 5.41) is 0. The molecular weight excluding hydrogens is 236 g/mol. The lowest BCUT2D eigenvalue weighted by Crippen LogP contribution is -2.06. The first-order valence-corrected chi connectivity index (χ1v) is 6.70. The molecule has 0 saturated carbocycles. The third kappa shape index (κ3) is 5.92. The first kappa shape index (κ1) is 15.0. The summed E-state index contributed by atoms with van der Waals surface area (Å²) in [6.07, 6.45) is 4.74. The summed E-state index contributed by atoms with van der Waals surface area (Å²) in [5.41, 5.74) is 1.37. The van der Waals surface area contributed by atoms with Gasteiger partial charge in [0.15, 0.2) is 0 Å². The monoisotopic (exact) mass is 256 g/mol. The zero-order valence-electron chi connectivity index (χ0n) is 11.6. The zero-order valence-corrected chi connectivity index (χ0v) is 11.6. The van der Waals surface area contributed by atoms with Crippen LogP contribution in [-0.4, -0.2) is 12.6 Å². The molecule has 0 unspecified atom stereocenters. The van der Waals surface area contributed by atoms with Crippen molar-refractivity contribution >= 4 is 12.0 Å². The van der Waals surface area contributed by atoms with Crippen molar-refractivity contribution in [3.8, 4) is 11.8 Å². The Kier molecular flexibility index (Phi) is 7.12. The third-order valence-corrected chi connectivity index (χ3v) is 2.48. The van der Waals surface area contributed by atoms with E-state index in [0.29, 0.717) is 12.2 Å². The number of ether oxygens (including phenoxy) is 1. The minimum atomic E-state index is -0.352. The molecule has 0 radical (unpaired) electrons. The molecule has 0 aromatic heterocycles. The van der Waals surface area contributed by atoms with Crippen molar-refractivity contribution in [3.63, 3.8) is 0 Å². The second-order valence-electron chi connectivity index (χ2n) is 4.09. The Hall–Kier alpha value is -2.01. The molecule has 0 aliphatic rings. The highest BCUT2D eigenvalue weighted by Gasteiger charge is 2.07. The standard InChI is InChI=1S/C17H20O2/c1-3-5-6-10-13-16(17(18)19-4-2)14-15-11-8-7-9-12-15/h7-9,11-12,14H,3-6H2,1-2H3/b16-14-. The van der Waals surface area contributed by atoms with Crippen LogP contribution in [0.1, 0.15) is 38.7 Å². The largest absolute Gasteiger partial charge is 0.462 e. The summed E-state index contributed by atoms with van der Waals surface area (Å²) >= 11 is 0. The molecule has 0 aliphatic carbocycles. The topological polar surface area (TPSA) is 26.3 Å². The fourth-order valence-electron chi connectivity index (χ4n) is 1.49. The van der Waals surface area contributed by atoms with E-state index in [4.69, 9.17) is 4.74 Å². The lowest BCUT2D eigenvalue weighted by Gasteiger charge is -2.01. The number of rotatable bonds is 5. The highest BCUT2D eigenvalue weighted by molar-refractivity contribution is 5.98. The van der Waals surface area contributed by atoms with Crippen LogP contribution in [0.15, 0.2) is 35.9 Å². The van der Waals surface area contributed by atoms with Crippen LogP contribution in [0.25, 0.3) is 6.08 Å². The molecule has 0 heterocycles. The SMILES string of the molecule is CCCCC#C/C(=C/c1ccccc1)C(=O)OCC. The molecule has 19 heavy (non-hydrogen) atoms. The minimum absolute atomic E-state index is 0.352. The van der Waals surface area contributed by atoms with Gasteiger partial charge >= 0.3 is 5.97 Å². The summed E-state index contributed by atoms with van der Waals surface area (Å²) < 4.78 is 5.02. The summed E-state index contributed by atoms with van der Waals surface area (Å²) in [6, 6.07) is 9.67. The smallest absolute Gasteiger partial charge is 0.346 e. The van der Waals surface area contributed by atoms with Gasteiger partial charge in [0.2, 0.25) is 0 Å². The number of esters is 1. The van der Waals surface area contributed by atoms with Crippen LogP contribution in [0.4, 0.5) is 0 Å². The molecule has 1 rings (SSSR count). The average Bonchev–Trinajstić information content (AvgIpc) is 2.43. The molecule has 0 amide bonds. The predicted octanol–water partition coefficient (Wildman–Crippen LogP) is 3.83. The van der Waals surface area contributed by atoms with E-state index in [-0.39, 0.29) is 5.97 Å². The van der Waals surface area contributed by atoms with E-state index >= 15 is 0 Å². The van der Waals surface area contributed by atoms with Crippen LogP contribution in [0, 0.1) is 11.8 Å². The maximum absolute atomic E-state index is 11.8. The van der Waals surface area contributed by atoms with E-state index in [9.17, 15) is 4.79 Å². The molecule has 0 aliphatic heterocycles. The fraction of sp³-hybridized carbons (Fsp3) is 0.353. The highest BCUT2D eigenvalue weighted by Crippen LogP contribution is 2.08. The van der Waals surface area contributed by atoms with E-state index in [1.165, 1.54) is 0 Å². The Bertz CT molecular complexity index is 475. The molecule has 1 aromatic rings. The van der Waals surface area contributed by atoms with Gasteiger partial charge in [-0.2, -0.15) is 0 Å². The molecule has 0 fully saturated rings. The van der Waals surface area contributed by atoms with Crippen molar-refractivity contribution < 1.29 is 9.53 Å². The van der Waals surface area contributed by atoms with Gasteiger partial charge in [-0.1, -0.05) is 55.5 Å². The molecule has 0 bridgehead atoms. The normalized spacial score (nSPS) is 10.5. The number of carbonyl (C=O) groups is 1. The highest BCUT2D eigenvalue weighted by atomic mass is 16.5. The van der Waals surface area contributed by atoms with Crippen LogP contribution in [-0.2, 0) is 9.53 Å². The van der Waals surface area contributed by atoms with Gasteiger partial charge in [-0.15, -0.1) is 0 Å². The van der Waals surface area contributed by atoms with Crippen molar-refractivity contribution in [2.75, 3.05) is 6.61 Å². The molecular formula is C17H20O2. The summed E-state index contributed by atoms with van der Waals surface area (Å²) in [5.74, 6) is 5.60. The van der Waals surface area contributed by atoms with Gasteiger partial charge in [-0.05, 0) is 25.0 Å². The molecule has 0 atom stereocenters. The minimum Gasteiger partial charge on any atom is -0.462 e. The van der Waals surface area contributed by atoms with E-state index in [1.54, 1.807) is 13.0 Å². The average molecular weight is 256 g/mol. The number of unbranched alkanes of at least 4 members (excludes halogenated alkanes) is 2. The molecule has 0 N–H and O–H groups in total. The quantitative estimate of drug-likeness (QED) is 0.346. The van der Waals surface area contributed by atoms with Crippen molar-refractivity contribution in [2.45, 2.75) is 33.1 Å². The first-order chi connectivity index (χ1) is 9.27.